The van der Waals surface area contributed by atoms with Gasteiger partial charge in [0.05, 0.1) is 119 Å². The average molecular weight is 639 g/mol. The Morgan fingerprint density at radius 3 is 0.682 bits per heavy atom. The summed E-state index contributed by atoms with van der Waals surface area (Å²) in [6.45, 7) is 13.3. The molecule has 10 nitrogen and oxygen atoms in total. The third-order valence-electron chi connectivity index (χ3n) is 6.80. The van der Waals surface area contributed by atoms with Crippen LogP contribution in [-0.2, 0) is 47.4 Å². The van der Waals surface area contributed by atoms with E-state index in [-0.39, 0.29) is 0 Å². The number of rotatable bonds is 41. The summed E-state index contributed by atoms with van der Waals surface area (Å²) >= 11 is 0. The van der Waals surface area contributed by atoms with Crippen molar-refractivity contribution >= 4 is 0 Å². The molecule has 0 radical (unpaired) electrons. The zero-order valence-corrected chi connectivity index (χ0v) is 28.7. The first-order chi connectivity index (χ1) is 21.9. The molecule has 0 aromatic carbocycles. The Balaban J connectivity index is 3.03. The van der Waals surface area contributed by atoms with E-state index in [0.29, 0.717) is 119 Å². The number of unbranched alkanes of at least 4 members (excludes halogenated alkanes) is 12. The highest BCUT2D eigenvalue weighted by molar-refractivity contribution is 4.49. The van der Waals surface area contributed by atoms with Crippen molar-refractivity contribution in [1.82, 2.24) is 0 Å². The van der Waals surface area contributed by atoms with Gasteiger partial charge < -0.3 is 47.4 Å². The van der Waals surface area contributed by atoms with Gasteiger partial charge in [0.25, 0.3) is 0 Å². The zero-order chi connectivity index (χ0) is 31.7. The fourth-order valence-electron chi connectivity index (χ4n) is 4.23. The van der Waals surface area contributed by atoms with E-state index in [9.17, 15) is 0 Å². The number of hydrogen-bond donors (Lipinski definition) is 0. The molecule has 0 rings (SSSR count). The Kier molecular flexibility index (Phi) is 42.2. The Labute approximate surface area is 270 Å². The van der Waals surface area contributed by atoms with Gasteiger partial charge in [-0.1, -0.05) is 84.0 Å². The fourth-order valence-corrected chi connectivity index (χ4v) is 4.23. The van der Waals surface area contributed by atoms with Crippen molar-refractivity contribution in [2.24, 2.45) is 0 Å². The molecule has 0 aliphatic carbocycles. The molecule has 0 aromatic rings. The van der Waals surface area contributed by atoms with Crippen molar-refractivity contribution in [2.75, 3.05) is 133 Å². The summed E-state index contributed by atoms with van der Waals surface area (Å²) in [4.78, 5) is 0. The summed E-state index contributed by atoms with van der Waals surface area (Å²) in [5, 5.41) is 0. The fraction of sp³-hybridized carbons (Fsp3) is 1.00. The molecule has 0 atom stereocenters. The highest BCUT2D eigenvalue weighted by Crippen LogP contribution is 2.12. The highest BCUT2D eigenvalue weighted by atomic mass is 16.6. The van der Waals surface area contributed by atoms with Crippen LogP contribution < -0.4 is 0 Å². The van der Waals surface area contributed by atoms with E-state index in [1.807, 2.05) is 0 Å². The summed E-state index contributed by atoms with van der Waals surface area (Å²) in [6, 6.07) is 0. The van der Waals surface area contributed by atoms with Crippen LogP contribution >= 0.6 is 0 Å². The molecule has 0 heterocycles. The predicted octanol–water partition coefficient (Wildman–Crippen LogP) is 5.87. The van der Waals surface area contributed by atoms with Crippen LogP contribution in [0.25, 0.3) is 0 Å². The molecule has 0 aliphatic rings. The lowest BCUT2D eigenvalue weighted by atomic mass is 10.0. The van der Waals surface area contributed by atoms with Crippen LogP contribution in [0.2, 0.25) is 0 Å². The van der Waals surface area contributed by atoms with Gasteiger partial charge in [-0.15, -0.1) is 0 Å². The summed E-state index contributed by atoms with van der Waals surface area (Å²) < 4.78 is 54.3. The number of methoxy groups -OCH3 is 1. The number of hydrogen-bond acceptors (Lipinski definition) is 10. The van der Waals surface area contributed by atoms with Crippen molar-refractivity contribution in [3.63, 3.8) is 0 Å². The molecule has 10 heteroatoms. The molecule has 0 fully saturated rings. The van der Waals surface area contributed by atoms with Crippen LogP contribution in [0.15, 0.2) is 0 Å². The van der Waals surface area contributed by atoms with E-state index < -0.39 is 0 Å². The lowest BCUT2D eigenvalue weighted by molar-refractivity contribution is -0.0259. The second-order valence-electron chi connectivity index (χ2n) is 10.7. The van der Waals surface area contributed by atoms with Crippen LogP contribution in [0.4, 0.5) is 0 Å². The SMILES string of the molecule is CCCCCCCCCCCCCCCOCCOCCOCCOCCOCCOCCOCCOCCOCCOC. The molecule has 0 amide bonds. The lowest BCUT2D eigenvalue weighted by Crippen LogP contribution is -2.15. The van der Waals surface area contributed by atoms with Crippen molar-refractivity contribution in [2.45, 2.75) is 90.4 Å². The third kappa shape index (κ3) is 41.6. The quantitative estimate of drug-likeness (QED) is 0.0757. The predicted molar refractivity (Wildman–Crippen MR) is 175 cm³/mol. The van der Waals surface area contributed by atoms with Crippen LogP contribution in [0.5, 0.6) is 0 Å². The van der Waals surface area contributed by atoms with Gasteiger partial charge in [-0.2, -0.15) is 0 Å². The Morgan fingerprint density at radius 2 is 0.432 bits per heavy atom. The van der Waals surface area contributed by atoms with Crippen molar-refractivity contribution in [1.29, 1.82) is 0 Å². The summed E-state index contributed by atoms with van der Waals surface area (Å²) in [5.74, 6) is 0. The minimum Gasteiger partial charge on any atom is -0.382 e. The van der Waals surface area contributed by atoms with Gasteiger partial charge in [0.2, 0.25) is 0 Å². The second kappa shape index (κ2) is 42.6. The van der Waals surface area contributed by atoms with Crippen molar-refractivity contribution < 1.29 is 47.4 Å². The first kappa shape index (κ1) is 43.6. The van der Waals surface area contributed by atoms with E-state index in [4.69, 9.17) is 47.4 Å². The zero-order valence-electron chi connectivity index (χ0n) is 28.7. The summed E-state index contributed by atoms with van der Waals surface area (Å²) in [6.07, 6.45) is 17.8. The first-order valence-electron chi connectivity index (χ1n) is 17.6. The van der Waals surface area contributed by atoms with Crippen molar-refractivity contribution in [3.8, 4) is 0 Å². The van der Waals surface area contributed by atoms with Gasteiger partial charge in [-0.05, 0) is 6.42 Å². The maximum atomic E-state index is 5.67. The maximum Gasteiger partial charge on any atom is 0.0701 e. The van der Waals surface area contributed by atoms with E-state index in [2.05, 4.69) is 6.92 Å². The van der Waals surface area contributed by atoms with E-state index in [0.717, 1.165) is 13.0 Å². The molecule has 0 saturated heterocycles. The molecule has 44 heavy (non-hydrogen) atoms. The monoisotopic (exact) mass is 638 g/mol. The molecule has 266 valence electrons. The standard InChI is InChI=1S/C34H70O10/c1-3-4-5-6-7-8-9-10-11-12-13-14-15-16-36-19-20-38-23-24-40-27-28-42-31-32-44-34-33-43-30-29-41-26-25-39-22-21-37-18-17-35-2/h3-34H2,1-2H3. The van der Waals surface area contributed by atoms with Crippen LogP contribution in [-0.4, -0.2) is 133 Å². The second-order valence-corrected chi connectivity index (χ2v) is 10.7. The molecule has 0 bridgehead atoms. The molecular formula is C34H70O10. The average Bonchev–Trinajstić information content (AvgIpc) is 3.04. The van der Waals surface area contributed by atoms with E-state index >= 15 is 0 Å². The van der Waals surface area contributed by atoms with Gasteiger partial charge in [0, 0.05) is 13.7 Å². The smallest absolute Gasteiger partial charge is 0.0701 e. The molecular weight excluding hydrogens is 568 g/mol. The maximum absolute atomic E-state index is 5.67. The molecule has 0 aromatic heterocycles. The Hall–Kier alpha value is -0.400. The molecule has 0 unspecified atom stereocenters. The highest BCUT2D eigenvalue weighted by Gasteiger charge is 1.97. The first-order valence-corrected chi connectivity index (χ1v) is 17.6. The van der Waals surface area contributed by atoms with Gasteiger partial charge in [-0.25, -0.2) is 0 Å². The van der Waals surface area contributed by atoms with Crippen molar-refractivity contribution in [3.05, 3.63) is 0 Å². The van der Waals surface area contributed by atoms with Crippen LogP contribution in [0.1, 0.15) is 90.4 Å². The topological polar surface area (TPSA) is 92.3 Å². The van der Waals surface area contributed by atoms with Gasteiger partial charge in [0.1, 0.15) is 0 Å². The molecule has 0 spiro atoms. The minimum absolute atomic E-state index is 0.534. The van der Waals surface area contributed by atoms with E-state index in [1.54, 1.807) is 7.11 Å². The lowest BCUT2D eigenvalue weighted by Gasteiger charge is -2.09. The molecule has 0 saturated carbocycles. The Morgan fingerprint density at radius 1 is 0.227 bits per heavy atom. The Bertz CT molecular complexity index is 445. The summed E-state index contributed by atoms with van der Waals surface area (Å²) in [7, 11) is 1.65. The van der Waals surface area contributed by atoms with E-state index in [1.165, 1.54) is 77.0 Å². The largest absolute Gasteiger partial charge is 0.382 e. The van der Waals surface area contributed by atoms with Gasteiger partial charge in [0.15, 0.2) is 0 Å². The van der Waals surface area contributed by atoms with Gasteiger partial charge >= 0.3 is 0 Å². The van der Waals surface area contributed by atoms with Crippen LogP contribution in [0.3, 0.4) is 0 Å². The summed E-state index contributed by atoms with van der Waals surface area (Å²) in [5.41, 5.74) is 0. The normalized spacial score (nSPS) is 11.6. The minimum atomic E-state index is 0.534. The number of ether oxygens (including phenoxy) is 10. The van der Waals surface area contributed by atoms with Crippen LogP contribution in [0, 0.1) is 0 Å². The van der Waals surface area contributed by atoms with Gasteiger partial charge in [-0.3, -0.25) is 0 Å². The third-order valence-corrected chi connectivity index (χ3v) is 6.80. The molecule has 0 aliphatic heterocycles. The molecule has 0 N–H and O–H groups in total.